The number of nitrogens with zero attached hydrogens (tertiary/aromatic N) is 3. The average molecular weight is 215 g/mol. The SMILES string of the molecule is c1ccc2c(c1)ncn2Cc1cscn1. The second-order valence-corrected chi connectivity index (χ2v) is 4.06. The van der Waals surface area contributed by atoms with E-state index < -0.39 is 0 Å². The lowest BCUT2D eigenvalue weighted by molar-refractivity contribution is 0.804. The molecule has 3 rings (SSSR count). The summed E-state index contributed by atoms with van der Waals surface area (Å²) in [5.74, 6) is 0. The van der Waals surface area contributed by atoms with Gasteiger partial charge in [0, 0.05) is 5.38 Å². The smallest absolute Gasteiger partial charge is 0.0962 e. The molecule has 0 radical (unpaired) electrons. The molecule has 0 bridgehead atoms. The van der Waals surface area contributed by atoms with Gasteiger partial charge in [0.05, 0.1) is 35.1 Å². The number of fused-ring (bicyclic) bond motifs is 1. The molecule has 0 aliphatic rings. The summed E-state index contributed by atoms with van der Waals surface area (Å²) in [6.45, 7) is 0.796. The Kier molecular flexibility index (Phi) is 1.99. The van der Waals surface area contributed by atoms with E-state index in [4.69, 9.17) is 0 Å². The van der Waals surface area contributed by atoms with Crippen LogP contribution in [0.4, 0.5) is 0 Å². The van der Waals surface area contributed by atoms with Crippen molar-refractivity contribution in [3.05, 3.63) is 47.2 Å². The number of rotatable bonds is 2. The van der Waals surface area contributed by atoms with Crippen molar-refractivity contribution in [1.29, 1.82) is 0 Å². The fraction of sp³-hybridized carbons (Fsp3) is 0.0909. The zero-order chi connectivity index (χ0) is 10.1. The second-order valence-electron chi connectivity index (χ2n) is 3.34. The van der Waals surface area contributed by atoms with E-state index in [-0.39, 0.29) is 0 Å². The first-order chi connectivity index (χ1) is 7.43. The summed E-state index contributed by atoms with van der Waals surface area (Å²) in [4.78, 5) is 8.61. The molecule has 0 atom stereocenters. The molecule has 0 aliphatic carbocycles. The summed E-state index contributed by atoms with van der Waals surface area (Å²) < 4.78 is 2.12. The van der Waals surface area contributed by atoms with Gasteiger partial charge in [-0.25, -0.2) is 9.97 Å². The molecule has 1 aromatic carbocycles. The maximum atomic E-state index is 4.34. The Labute approximate surface area is 91.0 Å². The van der Waals surface area contributed by atoms with Crippen molar-refractivity contribution in [2.45, 2.75) is 6.54 Å². The van der Waals surface area contributed by atoms with E-state index in [2.05, 4.69) is 26.0 Å². The predicted octanol–water partition coefficient (Wildman–Crippen LogP) is 2.54. The Morgan fingerprint density at radius 3 is 3.00 bits per heavy atom. The van der Waals surface area contributed by atoms with Gasteiger partial charge in [0.15, 0.2) is 0 Å². The molecule has 3 nitrogen and oxygen atoms in total. The van der Waals surface area contributed by atoms with Crippen molar-refractivity contribution < 1.29 is 0 Å². The molecule has 0 saturated heterocycles. The minimum Gasteiger partial charge on any atom is -0.324 e. The van der Waals surface area contributed by atoms with Gasteiger partial charge in [0.2, 0.25) is 0 Å². The summed E-state index contributed by atoms with van der Waals surface area (Å²) in [7, 11) is 0. The summed E-state index contributed by atoms with van der Waals surface area (Å²) in [6.07, 6.45) is 1.87. The molecule has 0 spiro atoms. The van der Waals surface area contributed by atoms with Crippen molar-refractivity contribution in [3.8, 4) is 0 Å². The van der Waals surface area contributed by atoms with Gasteiger partial charge in [0.25, 0.3) is 0 Å². The van der Waals surface area contributed by atoms with Gasteiger partial charge < -0.3 is 4.57 Å². The Morgan fingerprint density at radius 2 is 2.13 bits per heavy atom. The van der Waals surface area contributed by atoms with Gasteiger partial charge in [-0.2, -0.15) is 0 Å². The standard InChI is InChI=1S/C11H9N3S/c1-2-4-11-10(3-1)12-7-14(11)5-9-6-15-8-13-9/h1-4,6-8H,5H2. The first-order valence-electron chi connectivity index (χ1n) is 4.70. The molecule has 0 unspecified atom stereocenters. The topological polar surface area (TPSA) is 30.7 Å². The van der Waals surface area contributed by atoms with Crippen molar-refractivity contribution in [3.63, 3.8) is 0 Å². The summed E-state index contributed by atoms with van der Waals surface area (Å²) in [6, 6.07) is 8.13. The molecule has 74 valence electrons. The number of imidazole rings is 1. The maximum Gasteiger partial charge on any atom is 0.0962 e. The lowest BCUT2D eigenvalue weighted by Gasteiger charge is -2.00. The molecule has 0 amide bonds. The van der Waals surface area contributed by atoms with E-state index in [0.717, 1.165) is 23.3 Å². The van der Waals surface area contributed by atoms with Gasteiger partial charge in [-0.1, -0.05) is 12.1 Å². The molecule has 0 fully saturated rings. The number of para-hydroxylation sites is 2. The van der Waals surface area contributed by atoms with Crippen LogP contribution in [0.5, 0.6) is 0 Å². The van der Waals surface area contributed by atoms with Gasteiger partial charge in [-0.3, -0.25) is 0 Å². The highest BCUT2D eigenvalue weighted by Crippen LogP contribution is 2.13. The Bertz CT molecular complexity index is 568. The van der Waals surface area contributed by atoms with Crippen LogP contribution >= 0.6 is 11.3 Å². The van der Waals surface area contributed by atoms with Crippen LogP contribution in [-0.4, -0.2) is 14.5 Å². The Morgan fingerprint density at radius 1 is 1.20 bits per heavy atom. The second kappa shape index (κ2) is 3.47. The molecule has 2 aromatic heterocycles. The lowest BCUT2D eigenvalue weighted by Crippen LogP contribution is -1.97. The van der Waals surface area contributed by atoms with Crippen molar-refractivity contribution in [2.75, 3.05) is 0 Å². The van der Waals surface area contributed by atoms with E-state index >= 15 is 0 Å². The summed E-state index contributed by atoms with van der Waals surface area (Å²) in [5, 5.41) is 2.06. The zero-order valence-electron chi connectivity index (χ0n) is 8.00. The van der Waals surface area contributed by atoms with Crippen LogP contribution < -0.4 is 0 Å². The number of benzene rings is 1. The molecule has 0 N–H and O–H groups in total. The summed E-state index contributed by atoms with van der Waals surface area (Å²) in [5.41, 5.74) is 5.13. The zero-order valence-corrected chi connectivity index (χ0v) is 8.81. The minimum atomic E-state index is 0.796. The average Bonchev–Trinajstić information content (AvgIpc) is 2.89. The minimum absolute atomic E-state index is 0.796. The first kappa shape index (κ1) is 8.61. The maximum absolute atomic E-state index is 4.34. The van der Waals surface area contributed by atoms with Crippen LogP contribution in [-0.2, 0) is 6.54 Å². The van der Waals surface area contributed by atoms with Crippen molar-refractivity contribution >= 4 is 22.4 Å². The Hall–Kier alpha value is -1.68. The molecular formula is C11H9N3S. The lowest BCUT2D eigenvalue weighted by atomic mass is 10.3. The van der Waals surface area contributed by atoms with Crippen LogP contribution in [0.2, 0.25) is 0 Å². The fourth-order valence-corrected chi connectivity index (χ4v) is 2.18. The number of hydrogen-bond acceptors (Lipinski definition) is 3. The molecule has 2 heterocycles. The van der Waals surface area contributed by atoms with Crippen LogP contribution in [0.1, 0.15) is 5.69 Å². The highest BCUT2D eigenvalue weighted by atomic mass is 32.1. The summed E-state index contributed by atoms with van der Waals surface area (Å²) >= 11 is 1.62. The third-order valence-corrected chi connectivity index (χ3v) is 2.98. The highest BCUT2D eigenvalue weighted by Gasteiger charge is 2.02. The van der Waals surface area contributed by atoms with Gasteiger partial charge >= 0.3 is 0 Å². The third kappa shape index (κ3) is 1.53. The van der Waals surface area contributed by atoms with Crippen LogP contribution in [0.25, 0.3) is 11.0 Å². The third-order valence-electron chi connectivity index (χ3n) is 2.34. The van der Waals surface area contributed by atoms with Gasteiger partial charge in [-0.15, -0.1) is 11.3 Å². The number of aromatic nitrogens is 3. The van der Waals surface area contributed by atoms with E-state index in [1.165, 1.54) is 0 Å². The normalized spacial score (nSPS) is 10.9. The number of hydrogen-bond donors (Lipinski definition) is 0. The highest BCUT2D eigenvalue weighted by molar-refractivity contribution is 7.07. The van der Waals surface area contributed by atoms with Crippen LogP contribution in [0, 0.1) is 0 Å². The molecule has 4 heteroatoms. The molecule has 3 aromatic rings. The predicted molar refractivity (Wildman–Crippen MR) is 60.9 cm³/mol. The molecule has 0 aliphatic heterocycles. The molecule has 15 heavy (non-hydrogen) atoms. The van der Waals surface area contributed by atoms with E-state index in [0.29, 0.717) is 0 Å². The van der Waals surface area contributed by atoms with Crippen LogP contribution in [0.15, 0.2) is 41.5 Å². The van der Waals surface area contributed by atoms with E-state index in [1.54, 1.807) is 11.3 Å². The fourth-order valence-electron chi connectivity index (χ4n) is 1.63. The van der Waals surface area contributed by atoms with E-state index in [1.807, 2.05) is 30.0 Å². The molecular weight excluding hydrogens is 206 g/mol. The number of thiazole rings is 1. The Balaban J connectivity index is 2.05. The van der Waals surface area contributed by atoms with Gasteiger partial charge in [-0.05, 0) is 12.1 Å². The van der Waals surface area contributed by atoms with Gasteiger partial charge in [0.1, 0.15) is 0 Å². The first-order valence-corrected chi connectivity index (χ1v) is 5.65. The van der Waals surface area contributed by atoms with Crippen molar-refractivity contribution in [1.82, 2.24) is 14.5 Å². The van der Waals surface area contributed by atoms with Crippen LogP contribution in [0.3, 0.4) is 0 Å². The largest absolute Gasteiger partial charge is 0.324 e. The molecule has 0 saturated carbocycles. The van der Waals surface area contributed by atoms with Crippen molar-refractivity contribution in [2.24, 2.45) is 0 Å². The monoisotopic (exact) mass is 215 g/mol. The van der Waals surface area contributed by atoms with E-state index in [9.17, 15) is 0 Å². The quantitative estimate of drug-likeness (QED) is 0.657.